The van der Waals surface area contributed by atoms with E-state index >= 15 is 0 Å². The first kappa shape index (κ1) is 16.5. The van der Waals surface area contributed by atoms with Gasteiger partial charge in [-0.15, -0.1) is 0 Å². The Kier molecular flexibility index (Phi) is 4.34. The molecule has 1 heterocycles. The molecule has 24 heavy (non-hydrogen) atoms. The van der Waals surface area contributed by atoms with Gasteiger partial charge in [-0.1, -0.05) is 23.4 Å². The fraction of sp³-hybridized carbons (Fsp3) is 0.412. The normalized spacial score (nSPS) is 14.7. The number of amides is 1. The number of rotatable bonds is 5. The zero-order valence-corrected chi connectivity index (χ0v) is 13.1. The van der Waals surface area contributed by atoms with Crippen LogP contribution in [0.5, 0.6) is 0 Å². The molecule has 1 amide bonds. The van der Waals surface area contributed by atoms with Gasteiger partial charge in [0, 0.05) is 18.7 Å². The standard InChI is InChI=1S/C17H17F3N2O2/c1-11-8-13(21-24-11)9-16(23)22(14-6-7-14)10-12-4-2-3-5-15(12)17(18,19)20/h2-5,8,14H,6-7,9-10H2,1H3. The van der Waals surface area contributed by atoms with Crippen LogP contribution in [0.1, 0.15) is 35.4 Å². The number of hydrogen-bond acceptors (Lipinski definition) is 3. The summed E-state index contributed by atoms with van der Waals surface area (Å²) in [7, 11) is 0. The molecule has 1 aliphatic rings. The van der Waals surface area contributed by atoms with Gasteiger partial charge in [-0.3, -0.25) is 4.79 Å². The van der Waals surface area contributed by atoms with E-state index in [-0.39, 0.29) is 30.5 Å². The van der Waals surface area contributed by atoms with Gasteiger partial charge in [0.15, 0.2) is 0 Å². The van der Waals surface area contributed by atoms with Gasteiger partial charge in [-0.2, -0.15) is 13.2 Å². The van der Waals surface area contributed by atoms with Crippen LogP contribution in [0.15, 0.2) is 34.9 Å². The third kappa shape index (κ3) is 3.77. The van der Waals surface area contributed by atoms with Crippen molar-refractivity contribution in [3.63, 3.8) is 0 Å². The quantitative estimate of drug-likeness (QED) is 0.834. The van der Waals surface area contributed by atoms with Gasteiger partial charge in [-0.25, -0.2) is 0 Å². The summed E-state index contributed by atoms with van der Waals surface area (Å²) in [5.41, 5.74) is -0.0884. The number of aromatic nitrogens is 1. The maximum atomic E-state index is 13.1. The molecule has 0 spiro atoms. The number of aryl methyl sites for hydroxylation is 1. The fourth-order valence-corrected chi connectivity index (χ4v) is 2.68. The van der Waals surface area contributed by atoms with E-state index in [0.717, 1.165) is 18.9 Å². The van der Waals surface area contributed by atoms with E-state index in [1.54, 1.807) is 19.1 Å². The highest BCUT2D eigenvalue weighted by atomic mass is 19.4. The van der Waals surface area contributed by atoms with Crippen molar-refractivity contribution in [1.29, 1.82) is 0 Å². The van der Waals surface area contributed by atoms with Crippen molar-refractivity contribution in [1.82, 2.24) is 10.1 Å². The van der Waals surface area contributed by atoms with Crippen LogP contribution in [0.4, 0.5) is 13.2 Å². The first-order valence-electron chi connectivity index (χ1n) is 7.71. The van der Waals surface area contributed by atoms with Crippen LogP contribution in [-0.4, -0.2) is 22.0 Å². The topological polar surface area (TPSA) is 46.3 Å². The summed E-state index contributed by atoms with van der Waals surface area (Å²) in [5, 5.41) is 3.78. The second-order valence-corrected chi connectivity index (χ2v) is 6.01. The second kappa shape index (κ2) is 6.30. The van der Waals surface area contributed by atoms with Crippen LogP contribution in [0.2, 0.25) is 0 Å². The van der Waals surface area contributed by atoms with Crippen LogP contribution in [0.25, 0.3) is 0 Å². The van der Waals surface area contributed by atoms with Gasteiger partial charge in [0.25, 0.3) is 0 Å². The van der Waals surface area contributed by atoms with E-state index in [1.165, 1.54) is 17.0 Å². The van der Waals surface area contributed by atoms with Crippen LogP contribution in [-0.2, 0) is 23.9 Å². The third-order valence-electron chi connectivity index (χ3n) is 3.98. The van der Waals surface area contributed by atoms with Gasteiger partial charge in [-0.05, 0) is 31.4 Å². The second-order valence-electron chi connectivity index (χ2n) is 6.01. The summed E-state index contributed by atoms with van der Waals surface area (Å²) < 4.78 is 44.4. The van der Waals surface area contributed by atoms with Crippen molar-refractivity contribution in [2.45, 2.75) is 44.9 Å². The molecule has 7 heteroatoms. The molecule has 3 rings (SSSR count). The summed E-state index contributed by atoms with van der Waals surface area (Å²) in [5.74, 6) is 0.362. The third-order valence-corrected chi connectivity index (χ3v) is 3.98. The van der Waals surface area contributed by atoms with E-state index in [2.05, 4.69) is 5.16 Å². The molecule has 0 bridgehead atoms. The summed E-state index contributed by atoms with van der Waals surface area (Å²) in [6.07, 6.45) is -2.77. The number of carbonyl (C=O) groups is 1. The summed E-state index contributed by atoms with van der Waals surface area (Å²) in [6, 6.07) is 7.05. The Morgan fingerprint density at radius 2 is 2.04 bits per heavy atom. The molecular weight excluding hydrogens is 321 g/mol. The Morgan fingerprint density at radius 3 is 2.62 bits per heavy atom. The molecule has 4 nitrogen and oxygen atoms in total. The average molecular weight is 338 g/mol. The molecular formula is C17H17F3N2O2. The lowest BCUT2D eigenvalue weighted by atomic mass is 10.1. The van der Waals surface area contributed by atoms with Gasteiger partial charge in [0.05, 0.1) is 17.7 Å². The highest BCUT2D eigenvalue weighted by molar-refractivity contribution is 5.79. The van der Waals surface area contributed by atoms with Crippen LogP contribution in [0.3, 0.4) is 0 Å². The Balaban J connectivity index is 1.79. The highest BCUT2D eigenvalue weighted by Crippen LogP contribution is 2.35. The van der Waals surface area contributed by atoms with E-state index in [0.29, 0.717) is 11.5 Å². The monoisotopic (exact) mass is 338 g/mol. The minimum absolute atomic E-state index is 0.00628. The van der Waals surface area contributed by atoms with Crippen molar-refractivity contribution in [2.24, 2.45) is 0 Å². The fourth-order valence-electron chi connectivity index (χ4n) is 2.68. The summed E-state index contributed by atoms with van der Waals surface area (Å²) in [4.78, 5) is 14.1. The van der Waals surface area contributed by atoms with Crippen molar-refractivity contribution in [3.05, 3.63) is 52.9 Å². The Hall–Kier alpha value is -2.31. The first-order chi connectivity index (χ1) is 11.3. The number of carbonyl (C=O) groups excluding carboxylic acids is 1. The minimum atomic E-state index is -4.43. The molecule has 0 N–H and O–H groups in total. The number of alkyl halides is 3. The minimum Gasteiger partial charge on any atom is -0.361 e. The average Bonchev–Trinajstić information content (AvgIpc) is 3.27. The van der Waals surface area contributed by atoms with Crippen LogP contribution < -0.4 is 0 Å². The van der Waals surface area contributed by atoms with E-state index in [1.807, 2.05) is 0 Å². The van der Waals surface area contributed by atoms with E-state index < -0.39 is 11.7 Å². The highest BCUT2D eigenvalue weighted by Gasteiger charge is 2.37. The molecule has 0 radical (unpaired) electrons. The lowest BCUT2D eigenvalue weighted by molar-refractivity contribution is -0.140. The molecule has 1 saturated carbocycles. The maximum absolute atomic E-state index is 13.1. The predicted octanol–water partition coefficient (Wildman–Crippen LogP) is 3.74. The summed E-state index contributed by atoms with van der Waals surface area (Å²) >= 11 is 0. The SMILES string of the molecule is Cc1cc(CC(=O)N(Cc2ccccc2C(F)(F)F)C2CC2)no1. The van der Waals surface area contributed by atoms with E-state index in [9.17, 15) is 18.0 Å². The smallest absolute Gasteiger partial charge is 0.361 e. The van der Waals surface area contributed by atoms with Crippen molar-refractivity contribution in [2.75, 3.05) is 0 Å². The van der Waals surface area contributed by atoms with Gasteiger partial charge >= 0.3 is 6.18 Å². The zero-order valence-electron chi connectivity index (χ0n) is 13.1. The van der Waals surface area contributed by atoms with Gasteiger partial charge in [0.2, 0.25) is 5.91 Å². The molecule has 0 atom stereocenters. The van der Waals surface area contributed by atoms with Crippen LogP contribution in [0, 0.1) is 6.92 Å². The molecule has 0 saturated heterocycles. The lowest BCUT2D eigenvalue weighted by Crippen LogP contribution is -2.34. The molecule has 1 fully saturated rings. The molecule has 0 unspecified atom stereocenters. The number of halogens is 3. The van der Waals surface area contributed by atoms with Gasteiger partial charge in [0.1, 0.15) is 5.76 Å². The molecule has 1 aliphatic carbocycles. The molecule has 1 aromatic carbocycles. The Labute approximate surface area is 137 Å². The summed E-state index contributed by atoms with van der Waals surface area (Å²) in [6.45, 7) is 1.68. The predicted molar refractivity (Wildman–Crippen MR) is 80.0 cm³/mol. The molecule has 1 aromatic heterocycles. The maximum Gasteiger partial charge on any atom is 0.416 e. The zero-order chi connectivity index (χ0) is 17.3. The number of nitrogens with zero attached hydrogens (tertiary/aromatic N) is 2. The van der Waals surface area contributed by atoms with Crippen molar-refractivity contribution < 1.29 is 22.5 Å². The largest absolute Gasteiger partial charge is 0.416 e. The van der Waals surface area contributed by atoms with Crippen molar-refractivity contribution in [3.8, 4) is 0 Å². The Morgan fingerprint density at radius 1 is 1.33 bits per heavy atom. The molecule has 128 valence electrons. The van der Waals surface area contributed by atoms with Crippen molar-refractivity contribution >= 4 is 5.91 Å². The molecule has 2 aromatic rings. The number of hydrogen-bond donors (Lipinski definition) is 0. The Bertz CT molecular complexity index is 735. The number of benzene rings is 1. The first-order valence-corrected chi connectivity index (χ1v) is 7.71. The van der Waals surface area contributed by atoms with E-state index in [4.69, 9.17) is 4.52 Å². The molecule has 0 aliphatic heterocycles. The lowest BCUT2D eigenvalue weighted by Gasteiger charge is -2.24. The van der Waals surface area contributed by atoms with Crippen LogP contribution >= 0.6 is 0 Å². The van der Waals surface area contributed by atoms with Gasteiger partial charge < -0.3 is 9.42 Å².